The van der Waals surface area contributed by atoms with Crippen molar-refractivity contribution in [1.82, 2.24) is 15.0 Å². The van der Waals surface area contributed by atoms with Crippen molar-refractivity contribution in [3.8, 4) is 5.88 Å². The quantitative estimate of drug-likeness (QED) is 0.596. The van der Waals surface area contributed by atoms with Crippen molar-refractivity contribution in [2.24, 2.45) is 0 Å². The molecule has 4 heteroatoms. The predicted octanol–water partition coefficient (Wildman–Crippen LogP) is 0.730. The maximum absolute atomic E-state index is 9.16. The topological polar surface area (TPSA) is 58.9 Å². The van der Waals surface area contributed by atoms with Crippen molar-refractivity contribution in [2.75, 3.05) is 0 Å². The van der Waals surface area contributed by atoms with Crippen LogP contribution in [0, 0.1) is 0 Å². The van der Waals surface area contributed by atoms with Crippen molar-refractivity contribution < 1.29 is 5.11 Å². The Morgan fingerprint density at radius 1 is 1.18 bits per heavy atom. The first kappa shape index (κ1) is 6.03. The Morgan fingerprint density at radius 2 is 2.09 bits per heavy atom. The van der Waals surface area contributed by atoms with Crippen LogP contribution >= 0.6 is 0 Å². The number of aromatic hydroxyl groups is 1. The lowest BCUT2D eigenvalue weighted by Gasteiger charge is -1.94. The number of pyridine rings is 1. The van der Waals surface area contributed by atoms with Gasteiger partial charge in [-0.05, 0) is 12.1 Å². The highest BCUT2D eigenvalue weighted by molar-refractivity contribution is 5.77. The SMILES string of the molecule is Oc1ncnc2cccnc12. The Balaban J connectivity index is 2.91. The van der Waals surface area contributed by atoms with E-state index in [1.807, 2.05) is 0 Å². The third-order valence-corrected chi connectivity index (χ3v) is 1.38. The lowest BCUT2D eigenvalue weighted by atomic mass is 10.4. The van der Waals surface area contributed by atoms with Crippen LogP contribution in [0.25, 0.3) is 11.0 Å². The van der Waals surface area contributed by atoms with Gasteiger partial charge in [0.15, 0.2) is 5.52 Å². The number of aromatic nitrogens is 3. The Kier molecular flexibility index (Phi) is 1.18. The molecule has 2 rings (SSSR count). The van der Waals surface area contributed by atoms with Crippen molar-refractivity contribution in [3.63, 3.8) is 0 Å². The summed E-state index contributed by atoms with van der Waals surface area (Å²) in [5.74, 6) is -0.0735. The molecule has 0 bridgehead atoms. The average Bonchev–Trinajstić information content (AvgIpc) is 2.06. The normalized spacial score (nSPS) is 10.2. The van der Waals surface area contributed by atoms with Gasteiger partial charge in [0.05, 0.1) is 5.52 Å². The Hall–Kier alpha value is -1.71. The van der Waals surface area contributed by atoms with Crippen molar-refractivity contribution >= 4 is 11.0 Å². The summed E-state index contributed by atoms with van der Waals surface area (Å²) in [6, 6.07) is 3.53. The summed E-state index contributed by atoms with van der Waals surface area (Å²) in [6.45, 7) is 0. The second kappa shape index (κ2) is 2.16. The van der Waals surface area contributed by atoms with Gasteiger partial charge in [-0.25, -0.2) is 15.0 Å². The summed E-state index contributed by atoms with van der Waals surface area (Å²) >= 11 is 0. The molecule has 0 unspecified atom stereocenters. The van der Waals surface area contributed by atoms with Crippen LogP contribution in [0.4, 0.5) is 0 Å². The average molecular weight is 147 g/mol. The molecule has 11 heavy (non-hydrogen) atoms. The van der Waals surface area contributed by atoms with Gasteiger partial charge in [-0.3, -0.25) is 0 Å². The molecule has 54 valence electrons. The summed E-state index contributed by atoms with van der Waals surface area (Å²) in [5.41, 5.74) is 1.09. The van der Waals surface area contributed by atoms with Crippen LogP contribution in [0.15, 0.2) is 24.7 Å². The van der Waals surface area contributed by atoms with Crippen LogP contribution in [0.1, 0.15) is 0 Å². The molecule has 0 radical (unpaired) electrons. The largest absolute Gasteiger partial charge is 0.492 e. The lowest BCUT2D eigenvalue weighted by molar-refractivity contribution is 0.458. The van der Waals surface area contributed by atoms with E-state index in [4.69, 9.17) is 5.11 Å². The molecule has 4 nitrogen and oxygen atoms in total. The highest BCUT2D eigenvalue weighted by Gasteiger charge is 1.99. The molecule has 0 aliphatic rings. The second-order valence-corrected chi connectivity index (χ2v) is 2.07. The molecule has 0 aliphatic carbocycles. The van der Waals surface area contributed by atoms with E-state index >= 15 is 0 Å². The summed E-state index contributed by atoms with van der Waals surface area (Å²) in [5, 5.41) is 9.16. The van der Waals surface area contributed by atoms with E-state index in [2.05, 4.69) is 15.0 Å². The molecular weight excluding hydrogens is 142 g/mol. The van der Waals surface area contributed by atoms with Crippen LogP contribution in [0.3, 0.4) is 0 Å². The van der Waals surface area contributed by atoms with Gasteiger partial charge in [0.2, 0.25) is 5.88 Å². The molecule has 2 aromatic heterocycles. The minimum absolute atomic E-state index is 0.0735. The second-order valence-electron chi connectivity index (χ2n) is 2.07. The van der Waals surface area contributed by atoms with E-state index in [1.54, 1.807) is 18.3 Å². The monoisotopic (exact) mass is 147 g/mol. The molecule has 0 amide bonds. The van der Waals surface area contributed by atoms with Crippen LogP contribution in [-0.2, 0) is 0 Å². The number of fused-ring (bicyclic) bond motifs is 1. The standard InChI is InChI=1S/C7H5N3O/c11-7-6-5(9-4-10-7)2-1-3-8-6/h1-4H,(H,9,10,11). The van der Waals surface area contributed by atoms with Gasteiger partial charge in [-0.15, -0.1) is 0 Å². The number of nitrogens with zero attached hydrogens (tertiary/aromatic N) is 3. The first-order chi connectivity index (χ1) is 5.38. The molecule has 0 saturated carbocycles. The maximum Gasteiger partial charge on any atom is 0.241 e. The van der Waals surface area contributed by atoms with Crippen molar-refractivity contribution in [2.45, 2.75) is 0 Å². The highest BCUT2D eigenvalue weighted by atomic mass is 16.3. The minimum Gasteiger partial charge on any atom is -0.492 e. The van der Waals surface area contributed by atoms with Gasteiger partial charge in [-0.2, -0.15) is 0 Å². The molecule has 0 atom stereocenters. The first-order valence-electron chi connectivity index (χ1n) is 3.12. The fraction of sp³-hybridized carbons (Fsp3) is 0. The first-order valence-corrected chi connectivity index (χ1v) is 3.12. The third-order valence-electron chi connectivity index (χ3n) is 1.38. The smallest absolute Gasteiger partial charge is 0.241 e. The van der Waals surface area contributed by atoms with Crippen LogP contribution < -0.4 is 0 Å². The summed E-state index contributed by atoms with van der Waals surface area (Å²) in [6.07, 6.45) is 2.89. The summed E-state index contributed by atoms with van der Waals surface area (Å²) in [7, 11) is 0. The zero-order valence-corrected chi connectivity index (χ0v) is 5.60. The molecule has 2 aromatic rings. The molecule has 0 saturated heterocycles. The predicted molar refractivity (Wildman–Crippen MR) is 39.0 cm³/mol. The van der Waals surface area contributed by atoms with E-state index in [1.165, 1.54) is 6.33 Å². The summed E-state index contributed by atoms with van der Waals surface area (Å²) < 4.78 is 0. The van der Waals surface area contributed by atoms with Gasteiger partial charge in [0.25, 0.3) is 0 Å². The molecule has 0 fully saturated rings. The van der Waals surface area contributed by atoms with Gasteiger partial charge in [-0.1, -0.05) is 0 Å². The fourth-order valence-corrected chi connectivity index (χ4v) is 0.880. The highest BCUT2D eigenvalue weighted by Crippen LogP contribution is 2.14. The zero-order chi connectivity index (χ0) is 7.68. The van der Waals surface area contributed by atoms with Crippen LogP contribution in [-0.4, -0.2) is 20.1 Å². The van der Waals surface area contributed by atoms with Gasteiger partial charge in [0, 0.05) is 6.20 Å². The Bertz CT molecular complexity index is 383. The van der Waals surface area contributed by atoms with E-state index in [0.29, 0.717) is 11.0 Å². The van der Waals surface area contributed by atoms with Crippen LogP contribution in [0.5, 0.6) is 5.88 Å². The van der Waals surface area contributed by atoms with Crippen molar-refractivity contribution in [3.05, 3.63) is 24.7 Å². The molecule has 2 heterocycles. The lowest BCUT2D eigenvalue weighted by Crippen LogP contribution is -1.84. The fourth-order valence-electron chi connectivity index (χ4n) is 0.880. The number of rotatable bonds is 0. The molecule has 1 N–H and O–H groups in total. The van der Waals surface area contributed by atoms with Crippen molar-refractivity contribution in [1.29, 1.82) is 0 Å². The molecule has 0 aromatic carbocycles. The van der Waals surface area contributed by atoms with E-state index in [0.717, 1.165) is 0 Å². The summed E-state index contributed by atoms with van der Waals surface area (Å²) in [4.78, 5) is 11.4. The number of hydrogen-bond donors (Lipinski definition) is 1. The molecular formula is C7H5N3O. The van der Waals surface area contributed by atoms with Crippen LogP contribution in [0.2, 0.25) is 0 Å². The zero-order valence-electron chi connectivity index (χ0n) is 5.60. The molecule has 0 aliphatic heterocycles. The van der Waals surface area contributed by atoms with E-state index in [-0.39, 0.29) is 5.88 Å². The van der Waals surface area contributed by atoms with E-state index < -0.39 is 0 Å². The Labute approximate surface area is 62.6 Å². The number of hydrogen-bond acceptors (Lipinski definition) is 4. The van der Waals surface area contributed by atoms with E-state index in [9.17, 15) is 0 Å². The van der Waals surface area contributed by atoms with Gasteiger partial charge < -0.3 is 5.11 Å². The Morgan fingerprint density at radius 3 is 2.91 bits per heavy atom. The molecule has 0 spiro atoms. The van der Waals surface area contributed by atoms with Gasteiger partial charge in [0.1, 0.15) is 6.33 Å². The minimum atomic E-state index is -0.0735. The third kappa shape index (κ3) is 0.881. The van der Waals surface area contributed by atoms with Gasteiger partial charge >= 0.3 is 0 Å². The maximum atomic E-state index is 9.16.